The molecule has 27 heavy (non-hydrogen) atoms. The Hall–Kier alpha value is -1.27. The van der Waals surface area contributed by atoms with Crippen LogP contribution in [0.25, 0.3) is 0 Å². The van der Waals surface area contributed by atoms with Crippen molar-refractivity contribution in [2.24, 2.45) is 5.92 Å². The minimum atomic E-state index is -0.766. The van der Waals surface area contributed by atoms with Crippen molar-refractivity contribution in [3.8, 4) is 0 Å². The maximum Gasteiger partial charge on any atom is 0.234 e. The average molecular weight is 392 g/mol. The SMILES string of the molecule is O=C(NC12CCCC1OCC2=O)C(CC1CCCCC1)SCc1ccoc1. The van der Waals surface area contributed by atoms with Crippen LogP contribution in [0, 0.1) is 5.92 Å². The fourth-order valence-electron chi connectivity index (χ4n) is 4.88. The largest absolute Gasteiger partial charge is 0.472 e. The number of fused-ring (bicyclic) bond motifs is 1. The summed E-state index contributed by atoms with van der Waals surface area (Å²) in [5, 5.41) is 3.03. The molecule has 1 aliphatic heterocycles. The van der Waals surface area contributed by atoms with Gasteiger partial charge in [-0.15, -0.1) is 11.8 Å². The quantitative estimate of drug-likeness (QED) is 0.764. The molecule has 3 atom stereocenters. The Morgan fingerprint density at radius 2 is 2.11 bits per heavy atom. The summed E-state index contributed by atoms with van der Waals surface area (Å²) in [4.78, 5) is 25.8. The molecular weight excluding hydrogens is 362 g/mol. The zero-order valence-corrected chi connectivity index (χ0v) is 16.6. The minimum absolute atomic E-state index is 0.0137. The highest BCUT2D eigenvalue weighted by Gasteiger charge is 2.55. The highest BCUT2D eigenvalue weighted by molar-refractivity contribution is 7.99. The van der Waals surface area contributed by atoms with Crippen molar-refractivity contribution in [3.63, 3.8) is 0 Å². The number of Topliss-reactive ketones (excluding diaryl/α,β-unsaturated/α-hetero) is 1. The maximum absolute atomic E-state index is 13.3. The third-order valence-electron chi connectivity index (χ3n) is 6.44. The van der Waals surface area contributed by atoms with Gasteiger partial charge >= 0.3 is 0 Å². The van der Waals surface area contributed by atoms with Gasteiger partial charge in [-0.05, 0) is 37.7 Å². The molecule has 0 bridgehead atoms. The first-order valence-electron chi connectivity index (χ1n) is 10.3. The number of rotatable bonds is 7. The summed E-state index contributed by atoms with van der Waals surface area (Å²) >= 11 is 1.67. The van der Waals surface area contributed by atoms with Gasteiger partial charge < -0.3 is 14.5 Å². The molecule has 3 fully saturated rings. The van der Waals surface area contributed by atoms with Crippen LogP contribution < -0.4 is 5.32 Å². The van der Waals surface area contributed by atoms with Gasteiger partial charge in [0, 0.05) is 11.3 Å². The molecule has 2 aliphatic carbocycles. The number of carbonyl (C=O) groups is 2. The lowest BCUT2D eigenvalue weighted by molar-refractivity contribution is -0.129. The topological polar surface area (TPSA) is 68.5 Å². The first kappa shape index (κ1) is 19.1. The first-order valence-corrected chi connectivity index (χ1v) is 11.3. The van der Waals surface area contributed by atoms with E-state index in [1.165, 1.54) is 32.1 Å². The van der Waals surface area contributed by atoms with Crippen LogP contribution in [0.15, 0.2) is 23.0 Å². The second-order valence-electron chi connectivity index (χ2n) is 8.25. The van der Waals surface area contributed by atoms with Gasteiger partial charge in [0.05, 0.1) is 23.9 Å². The van der Waals surface area contributed by atoms with Crippen LogP contribution in [0.2, 0.25) is 0 Å². The molecule has 0 radical (unpaired) electrons. The molecule has 3 aliphatic rings. The zero-order valence-electron chi connectivity index (χ0n) is 15.8. The fourth-order valence-corrected chi connectivity index (χ4v) is 6.06. The third kappa shape index (κ3) is 4.11. The number of hydrogen-bond acceptors (Lipinski definition) is 5. The molecule has 0 spiro atoms. The van der Waals surface area contributed by atoms with E-state index in [0.717, 1.165) is 30.6 Å². The van der Waals surface area contributed by atoms with Gasteiger partial charge in [0.15, 0.2) is 5.78 Å². The van der Waals surface area contributed by atoms with E-state index in [1.54, 1.807) is 24.3 Å². The van der Waals surface area contributed by atoms with Crippen molar-refractivity contribution in [3.05, 3.63) is 24.2 Å². The van der Waals surface area contributed by atoms with Gasteiger partial charge in [-0.2, -0.15) is 0 Å². The van der Waals surface area contributed by atoms with Crippen molar-refractivity contribution in [1.82, 2.24) is 5.32 Å². The molecule has 2 saturated carbocycles. The molecule has 1 saturated heterocycles. The Kier molecular flexibility index (Phi) is 5.93. The Balaban J connectivity index is 1.44. The van der Waals surface area contributed by atoms with Crippen LogP contribution in [0.5, 0.6) is 0 Å². The van der Waals surface area contributed by atoms with Crippen LogP contribution in [0.4, 0.5) is 0 Å². The molecular formula is C21H29NO4S. The monoisotopic (exact) mass is 391 g/mol. The Labute approximate surface area is 165 Å². The van der Waals surface area contributed by atoms with Gasteiger partial charge in [-0.25, -0.2) is 0 Å². The highest BCUT2D eigenvalue weighted by Crippen LogP contribution is 2.39. The predicted molar refractivity (Wildman–Crippen MR) is 104 cm³/mol. The van der Waals surface area contributed by atoms with Crippen molar-refractivity contribution >= 4 is 23.5 Å². The smallest absolute Gasteiger partial charge is 0.234 e. The van der Waals surface area contributed by atoms with E-state index in [-0.39, 0.29) is 29.7 Å². The Bertz CT molecular complexity index is 655. The number of hydrogen-bond donors (Lipinski definition) is 1. The van der Waals surface area contributed by atoms with Crippen LogP contribution in [-0.4, -0.2) is 35.2 Å². The highest BCUT2D eigenvalue weighted by atomic mass is 32.2. The zero-order chi connectivity index (χ0) is 18.7. The Morgan fingerprint density at radius 3 is 2.89 bits per heavy atom. The van der Waals surface area contributed by atoms with Gasteiger partial charge in [0.2, 0.25) is 5.91 Å². The number of ether oxygens (including phenoxy) is 1. The predicted octanol–water partition coefficient (Wildman–Crippen LogP) is 3.86. The normalized spacial score (nSPS) is 29.6. The van der Waals surface area contributed by atoms with E-state index in [4.69, 9.17) is 9.15 Å². The van der Waals surface area contributed by atoms with Crippen LogP contribution in [0.3, 0.4) is 0 Å². The van der Waals surface area contributed by atoms with E-state index in [9.17, 15) is 9.59 Å². The lowest BCUT2D eigenvalue weighted by atomic mass is 9.85. The van der Waals surface area contributed by atoms with Gasteiger partial charge in [0.25, 0.3) is 0 Å². The summed E-state index contributed by atoms with van der Waals surface area (Å²) in [7, 11) is 0. The number of thioether (sulfide) groups is 1. The molecule has 1 N–H and O–H groups in total. The van der Waals surface area contributed by atoms with E-state index in [1.807, 2.05) is 6.07 Å². The minimum Gasteiger partial charge on any atom is -0.472 e. The summed E-state index contributed by atoms with van der Waals surface area (Å²) in [5.41, 5.74) is 0.330. The van der Waals surface area contributed by atoms with Gasteiger partial charge in [-0.1, -0.05) is 32.1 Å². The second kappa shape index (κ2) is 8.39. The average Bonchev–Trinajstić information content (AvgIpc) is 3.39. The number of furan rings is 1. The molecule has 6 heteroatoms. The van der Waals surface area contributed by atoms with E-state index in [0.29, 0.717) is 12.3 Å². The van der Waals surface area contributed by atoms with E-state index in [2.05, 4.69) is 5.32 Å². The van der Waals surface area contributed by atoms with Crippen molar-refractivity contribution in [2.45, 2.75) is 80.4 Å². The summed E-state index contributed by atoms with van der Waals surface area (Å²) in [6.07, 6.45) is 13.0. The summed E-state index contributed by atoms with van der Waals surface area (Å²) in [6, 6.07) is 1.95. The number of ketones is 1. The van der Waals surface area contributed by atoms with Crippen LogP contribution in [0.1, 0.15) is 63.4 Å². The summed E-state index contributed by atoms with van der Waals surface area (Å²) in [6.45, 7) is 0.139. The van der Waals surface area contributed by atoms with E-state index < -0.39 is 5.54 Å². The van der Waals surface area contributed by atoms with Crippen LogP contribution >= 0.6 is 11.8 Å². The number of carbonyl (C=O) groups excluding carboxylic acids is 2. The lowest BCUT2D eigenvalue weighted by Crippen LogP contribution is -2.58. The molecule has 4 rings (SSSR count). The van der Waals surface area contributed by atoms with Crippen molar-refractivity contribution in [2.75, 3.05) is 6.61 Å². The second-order valence-corrected chi connectivity index (χ2v) is 9.44. The molecule has 1 amide bonds. The molecule has 1 aromatic rings. The molecule has 3 unspecified atom stereocenters. The third-order valence-corrected chi connectivity index (χ3v) is 7.75. The number of amides is 1. The Morgan fingerprint density at radius 1 is 1.26 bits per heavy atom. The molecule has 148 valence electrons. The molecule has 0 aromatic carbocycles. The number of nitrogens with one attached hydrogen (secondary N) is 1. The van der Waals surface area contributed by atoms with Crippen molar-refractivity contribution < 1.29 is 18.7 Å². The van der Waals surface area contributed by atoms with Crippen molar-refractivity contribution in [1.29, 1.82) is 0 Å². The summed E-state index contributed by atoms with van der Waals surface area (Å²) in [5.74, 6) is 1.43. The lowest BCUT2D eigenvalue weighted by Gasteiger charge is -2.31. The molecule has 1 aromatic heterocycles. The van der Waals surface area contributed by atoms with Gasteiger partial charge in [0.1, 0.15) is 12.1 Å². The fraction of sp³-hybridized carbons (Fsp3) is 0.714. The standard InChI is InChI=1S/C21H29NO4S/c23-18-13-26-19-7-4-9-21(18,19)22-20(24)17(11-15-5-2-1-3-6-15)27-14-16-8-10-25-12-16/h8,10,12,15,17,19H,1-7,9,11,13-14H2,(H,22,24). The molecule has 2 heterocycles. The molecule has 5 nitrogen and oxygen atoms in total. The maximum atomic E-state index is 13.3. The van der Waals surface area contributed by atoms with Crippen LogP contribution in [-0.2, 0) is 20.1 Å². The summed E-state index contributed by atoms with van der Waals surface area (Å²) < 4.78 is 10.8. The first-order chi connectivity index (χ1) is 13.2. The van der Waals surface area contributed by atoms with E-state index >= 15 is 0 Å². The van der Waals surface area contributed by atoms with Gasteiger partial charge in [-0.3, -0.25) is 9.59 Å².